The summed E-state index contributed by atoms with van der Waals surface area (Å²) in [5.41, 5.74) is 3.19. The van der Waals surface area contributed by atoms with Gasteiger partial charge in [0, 0.05) is 11.1 Å². The molecule has 3 aromatic rings. The molecule has 2 N–H and O–H groups in total. The molecule has 0 saturated carbocycles. The number of hydrogen-bond donors (Lipinski definition) is 2. The monoisotopic (exact) mass is 234 g/mol. The molecule has 0 atom stereocenters. The summed E-state index contributed by atoms with van der Waals surface area (Å²) in [4.78, 5) is 3.22. The van der Waals surface area contributed by atoms with Gasteiger partial charge in [0.2, 0.25) is 0 Å². The Morgan fingerprint density at radius 3 is 2.56 bits per heavy atom. The van der Waals surface area contributed by atoms with Gasteiger partial charge in [-0.3, -0.25) is 0 Å². The Morgan fingerprint density at radius 2 is 1.83 bits per heavy atom. The Kier molecular flexibility index (Phi) is 2.28. The van der Waals surface area contributed by atoms with Gasteiger partial charge in [-0.25, -0.2) is 0 Å². The number of nitrogens with zero attached hydrogens (tertiary/aromatic N) is 1. The Labute approximate surface area is 104 Å². The van der Waals surface area contributed by atoms with Gasteiger partial charge in [-0.1, -0.05) is 30.3 Å². The molecule has 0 radical (unpaired) electrons. The van der Waals surface area contributed by atoms with E-state index in [1.54, 1.807) is 6.07 Å². The van der Waals surface area contributed by atoms with Crippen molar-refractivity contribution in [3.63, 3.8) is 0 Å². The lowest BCUT2D eigenvalue weighted by molar-refractivity contribution is 0.481. The van der Waals surface area contributed by atoms with Gasteiger partial charge in [-0.15, -0.1) is 0 Å². The Hall–Kier alpha value is -2.73. The Bertz CT molecular complexity index is 751. The summed E-state index contributed by atoms with van der Waals surface area (Å²) >= 11 is 0. The van der Waals surface area contributed by atoms with Crippen LogP contribution in [0.3, 0.4) is 0 Å². The highest BCUT2D eigenvalue weighted by Gasteiger charge is 2.08. The predicted molar refractivity (Wildman–Crippen MR) is 70.1 cm³/mol. The van der Waals surface area contributed by atoms with Gasteiger partial charge in [-0.2, -0.15) is 5.26 Å². The Morgan fingerprint density at radius 1 is 1.06 bits per heavy atom. The summed E-state index contributed by atoms with van der Waals surface area (Å²) in [6.45, 7) is 0. The first-order valence-electron chi connectivity index (χ1n) is 5.59. The highest BCUT2D eigenvalue weighted by Crippen LogP contribution is 2.30. The van der Waals surface area contributed by atoms with Gasteiger partial charge in [0.1, 0.15) is 5.75 Å². The maximum atomic E-state index is 9.87. The minimum Gasteiger partial charge on any atom is -0.507 e. The molecule has 18 heavy (non-hydrogen) atoms. The molecule has 0 unspecified atom stereocenters. The molecule has 2 aromatic carbocycles. The van der Waals surface area contributed by atoms with Crippen LogP contribution in [-0.2, 0) is 0 Å². The third-order valence-corrected chi connectivity index (χ3v) is 2.93. The first-order valence-corrected chi connectivity index (χ1v) is 5.59. The van der Waals surface area contributed by atoms with Gasteiger partial charge in [0.15, 0.2) is 0 Å². The van der Waals surface area contributed by atoms with E-state index in [-0.39, 0.29) is 5.75 Å². The maximum absolute atomic E-state index is 9.87. The number of rotatable bonds is 1. The number of H-pyrrole nitrogens is 1. The number of hydrogen-bond acceptors (Lipinski definition) is 2. The molecular weight excluding hydrogens is 224 g/mol. The van der Waals surface area contributed by atoms with Gasteiger partial charge in [0.05, 0.1) is 17.1 Å². The van der Waals surface area contributed by atoms with Gasteiger partial charge in [-0.05, 0) is 23.8 Å². The Balaban J connectivity index is 2.24. The second-order valence-electron chi connectivity index (χ2n) is 4.12. The molecule has 0 saturated heterocycles. The van der Waals surface area contributed by atoms with Crippen LogP contribution in [-0.4, -0.2) is 10.1 Å². The number of benzene rings is 2. The standard InChI is InChI=1S/C15H10N2O/c16-9-10-6-14-12(15(18)7-10)8-13(17-14)11-4-2-1-3-5-11/h1-8,17-18H. The van der Waals surface area contributed by atoms with Crippen molar-refractivity contribution in [2.24, 2.45) is 0 Å². The van der Waals surface area contributed by atoms with E-state index in [4.69, 9.17) is 5.26 Å². The quantitative estimate of drug-likeness (QED) is 0.677. The van der Waals surface area contributed by atoms with Crippen LogP contribution in [0.2, 0.25) is 0 Å². The SMILES string of the molecule is N#Cc1cc(O)c2cc(-c3ccccc3)[nH]c2c1. The van der Waals surface area contributed by atoms with Crippen molar-refractivity contribution >= 4 is 10.9 Å². The zero-order valence-corrected chi connectivity index (χ0v) is 9.51. The number of aromatic nitrogens is 1. The number of fused-ring (bicyclic) bond motifs is 1. The molecule has 0 spiro atoms. The van der Waals surface area contributed by atoms with Crippen molar-refractivity contribution in [2.75, 3.05) is 0 Å². The van der Waals surface area contributed by atoms with E-state index >= 15 is 0 Å². The first-order chi connectivity index (χ1) is 8.78. The predicted octanol–water partition coefficient (Wildman–Crippen LogP) is 3.41. The minimum atomic E-state index is 0.127. The molecule has 1 heterocycles. The summed E-state index contributed by atoms with van der Waals surface area (Å²) < 4.78 is 0. The van der Waals surface area contributed by atoms with E-state index in [1.165, 1.54) is 6.07 Å². The first kappa shape index (κ1) is 10.4. The van der Waals surface area contributed by atoms with Crippen LogP contribution in [0.5, 0.6) is 5.75 Å². The molecule has 0 aliphatic heterocycles. The smallest absolute Gasteiger partial charge is 0.126 e. The number of phenolic OH excluding ortho intramolecular Hbond substituents is 1. The van der Waals surface area contributed by atoms with Gasteiger partial charge in [0.25, 0.3) is 0 Å². The summed E-state index contributed by atoms with van der Waals surface area (Å²) in [6.07, 6.45) is 0. The fourth-order valence-corrected chi connectivity index (χ4v) is 2.06. The fraction of sp³-hybridized carbons (Fsp3) is 0. The van der Waals surface area contributed by atoms with Gasteiger partial charge >= 0.3 is 0 Å². The normalized spacial score (nSPS) is 10.4. The fourth-order valence-electron chi connectivity index (χ4n) is 2.06. The molecule has 3 rings (SSSR count). The molecule has 3 heteroatoms. The molecule has 0 aliphatic carbocycles. The number of nitriles is 1. The third kappa shape index (κ3) is 1.61. The summed E-state index contributed by atoms with van der Waals surface area (Å²) in [6, 6.07) is 17.0. The van der Waals surface area contributed by atoms with Crippen LogP contribution in [0.15, 0.2) is 48.5 Å². The molecule has 0 amide bonds. The van der Waals surface area contributed by atoms with E-state index < -0.39 is 0 Å². The maximum Gasteiger partial charge on any atom is 0.126 e. The van der Waals surface area contributed by atoms with Crippen molar-refractivity contribution in [1.29, 1.82) is 5.26 Å². The average molecular weight is 234 g/mol. The molecule has 86 valence electrons. The highest BCUT2D eigenvalue weighted by molar-refractivity contribution is 5.91. The molecule has 1 aromatic heterocycles. The summed E-state index contributed by atoms with van der Waals surface area (Å²) in [7, 11) is 0. The topological polar surface area (TPSA) is 59.8 Å². The molecular formula is C15H10N2O. The molecule has 3 nitrogen and oxygen atoms in total. The van der Waals surface area contributed by atoms with E-state index in [0.717, 1.165) is 22.2 Å². The number of aromatic hydroxyl groups is 1. The summed E-state index contributed by atoms with van der Waals surface area (Å²) in [5.74, 6) is 0.127. The zero-order chi connectivity index (χ0) is 12.5. The lowest BCUT2D eigenvalue weighted by atomic mass is 10.1. The minimum absolute atomic E-state index is 0.127. The van der Waals surface area contributed by atoms with Crippen molar-refractivity contribution in [1.82, 2.24) is 4.98 Å². The van der Waals surface area contributed by atoms with Crippen LogP contribution in [0.4, 0.5) is 0 Å². The van der Waals surface area contributed by atoms with Crippen LogP contribution in [0.1, 0.15) is 5.56 Å². The van der Waals surface area contributed by atoms with E-state index in [1.807, 2.05) is 42.5 Å². The van der Waals surface area contributed by atoms with Crippen molar-refractivity contribution in [3.8, 4) is 23.1 Å². The zero-order valence-electron chi connectivity index (χ0n) is 9.51. The van der Waals surface area contributed by atoms with E-state index in [0.29, 0.717) is 5.56 Å². The molecule has 0 aliphatic rings. The second kappa shape index (κ2) is 3.94. The van der Waals surface area contributed by atoms with Crippen molar-refractivity contribution in [3.05, 3.63) is 54.1 Å². The average Bonchev–Trinajstić information content (AvgIpc) is 2.84. The lowest BCUT2D eigenvalue weighted by Crippen LogP contribution is -1.76. The largest absolute Gasteiger partial charge is 0.507 e. The van der Waals surface area contributed by atoms with Crippen molar-refractivity contribution < 1.29 is 5.11 Å². The van der Waals surface area contributed by atoms with Crippen LogP contribution in [0, 0.1) is 11.3 Å². The highest BCUT2D eigenvalue weighted by atomic mass is 16.3. The second-order valence-corrected chi connectivity index (χ2v) is 4.12. The van der Waals surface area contributed by atoms with Gasteiger partial charge < -0.3 is 10.1 Å². The molecule has 0 fully saturated rings. The third-order valence-electron chi connectivity index (χ3n) is 2.93. The lowest BCUT2D eigenvalue weighted by Gasteiger charge is -1.95. The van der Waals surface area contributed by atoms with Crippen LogP contribution < -0.4 is 0 Å². The number of nitrogens with one attached hydrogen (secondary N) is 1. The number of phenols is 1. The summed E-state index contributed by atoms with van der Waals surface area (Å²) in [5, 5.41) is 19.5. The number of aromatic amines is 1. The van der Waals surface area contributed by atoms with Crippen LogP contribution in [0.25, 0.3) is 22.2 Å². The van der Waals surface area contributed by atoms with Crippen molar-refractivity contribution in [2.45, 2.75) is 0 Å². The van der Waals surface area contributed by atoms with E-state index in [2.05, 4.69) is 4.98 Å². The van der Waals surface area contributed by atoms with Crippen LogP contribution >= 0.6 is 0 Å². The molecule has 0 bridgehead atoms. The van der Waals surface area contributed by atoms with E-state index in [9.17, 15) is 5.11 Å².